The van der Waals surface area contributed by atoms with Crippen LogP contribution < -0.4 is 5.32 Å². The van der Waals surface area contributed by atoms with Gasteiger partial charge in [-0.1, -0.05) is 11.6 Å². The van der Waals surface area contributed by atoms with E-state index >= 15 is 0 Å². The van der Waals surface area contributed by atoms with Gasteiger partial charge in [0, 0.05) is 6.04 Å². The largest absolute Gasteiger partial charge is 0.379 e. The number of hydrogen-bond donors (Lipinski definition) is 1. The fourth-order valence-corrected chi connectivity index (χ4v) is 2.66. The average Bonchev–Trinajstić information content (AvgIpc) is 3.01. The predicted molar refractivity (Wildman–Crippen MR) is 68.2 cm³/mol. The van der Waals surface area contributed by atoms with Crippen LogP contribution in [0.3, 0.4) is 0 Å². The molecule has 1 aliphatic carbocycles. The molecular formula is C11H12ClN3S. The Bertz CT molecular complexity index is 521. The lowest BCUT2D eigenvalue weighted by atomic mass is 10.2. The number of anilines is 1. The summed E-state index contributed by atoms with van der Waals surface area (Å²) in [5, 5.41) is 4.20. The quantitative estimate of drug-likeness (QED) is 0.909. The fraction of sp³-hybridized carbons (Fsp3) is 0.455. The molecule has 1 fully saturated rings. The highest BCUT2D eigenvalue weighted by Crippen LogP contribution is 2.37. The number of benzene rings is 1. The van der Waals surface area contributed by atoms with Crippen molar-refractivity contribution in [3.8, 4) is 0 Å². The van der Waals surface area contributed by atoms with Gasteiger partial charge in [-0.3, -0.25) is 0 Å². The van der Waals surface area contributed by atoms with E-state index in [4.69, 9.17) is 11.6 Å². The zero-order valence-electron chi connectivity index (χ0n) is 8.90. The van der Waals surface area contributed by atoms with Gasteiger partial charge in [-0.05, 0) is 37.8 Å². The average molecular weight is 254 g/mol. The van der Waals surface area contributed by atoms with E-state index < -0.39 is 0 Å². The zero-order chi connectivity index (χ0) is 11.1. The highest BCUT2D eigenvalue weighted by Gasteiger charge is 2.28. The summed E-state index contributed by atoms with van der Waals surface area (Å²) in [6.07, 6.45) is 2.63. The number of rotatable bonds is 3. The molecule has 1 N–H and O–H groups in total. The minimum atomic E-state index is 0.463. The Kier molecular flexibility index (Phi) is 2.48. The van der Waals surface area contributed by atoms with Crippen LogP contribution in [-0.2, 0) is 0 Å². The third-order valence-corrected chi connectivity index (χ3v) is 3.94. The molecule has 16 heavy (non-hydrogen) atoms. The second kappa shape index (κ2) is 3.86. The summed E-state index contributed by atoms with van der Waals surface area (Å²) in [4.78, 5) is 0. The first-order chi connectivity index (χ1) is 7.75. The van der Waals surface area contributed by atoms with Crippen molar-refractivity contribution in [3.05, 3.63) is 17.2 Å². The van der Waals surface area contributed by atoms with Gasteiger partial charge in [0.1, 0.15) is 11.0 Å². The number of nitrogens with one attached hydrogen (secondary N) is 1. The van der Waals surface area contributed by atoms with E-state index in [0.29, 0.717) is 6.04 Å². The van der Waals surface area contributed by atoms with Crippen LogP contribution in [0.4, 0.5) is 5.69 Å². The maximum Gasteiger partial charge on any atom is 0.129 e. The van der Waals surface area contributed by atoms with Gasteiger partial charge in [-0.25, -0.2) is 0 Å². The van der Waals surface area contributed by atoms with Gasteiger partial charge < -0.3 is 5.32 Å². The normalized spacial score (nSPS) is 17.6. The standard InChI is InChI=1S/C11H12ClN3S/c1-6(7-2-3-7)13-10-8(12)4-5-9-11(10)15-16-14-9/h4-7,13H,2-3H2,1H3. The van der Waals surface area contributed by atoms with Gasteiger partial charge in [-0.15, -0.1) is 0 Å². The van der Waals surface area contributed by atoms with Crippen LogP contribution >= 0.6 is 23.3 Å². The molecule has 1 aromatic heterocycles. The summed E-state index contributed by atoms with van der Waals surface area (Å²) < 4.78 is 8.52. The van der Waals surface area contributed by atoms with E-state index in [1.807, 2.05) is 12.1 Å². The van der Waals surface area contributed by atoms with Crippen LogP contribution in [0.1, 0.15) is 19.8 Å². The lowest BCUT2D eigenvalue weighted by molar-refractivity contribution is 0.695. The smallest absolute Gasteiger partial charge is 0.129 e. The van der Waals surface area contributed by atoms with Crippen LogP contribution in [0, 0.1) is 5.92 Å². The van der Waals surface area contributed by atoms with E-state index in [-0.39, 0.29) is 0 Å². The molecule has 3 nitrogen and oxygen atoms in total. The molecule has 1 saturated carbocycles. The Hall–Kier alpha value is -0.870. The molecule has 0 amide bonds. The van der Waals surface area contributed by atoms with Gasteiger partial charge in [0.25, 0.3) is 0 Å². The molecule has 1 heterocycles. The van der Waals surface area contributed by atoms with Crippen LogP contribution in [0.25, 0.3) is 11.0 Å². The summed E-state index contributed by atoms with van der Waals surface area (Å²) in [6.45, 7) is 2.20. The summed E-state index contributed by atoms with van der Waals surface area (Å²) in [7, 11) is 0. The fourth-order valence-electron chi connectivity index (χ4n) is 1.91. The lowest BCUT2D eigenvalue weighted by Gasteiger charge is -2.15. The molecule has 0 spiro atoms. The van der Waals surface area contributed by atoms with Crippen LogP contribution in [0.15, 0.2) is 12.1 Å². The first-order valence-corrected chi connectivity index (χ1v) is 6.54. The van der Waals surface area contributed by atoms with E-state index in [2.05, 4.69) is 21.0 Å². The molecule has 5 heteroatoms. The second-order valence-corrected chi connectivity index (χ2v) is 5.26. The molecule has 0 radical (unpaired) electrons. The maximum absolute atomic E-state index is 6.20. The van der Waals surface area contributed by atoms with Crippen LogP contribution in [0.2, 0.25) is 5.02 Å². The molecule has 0 bridgehead atoms. The summed E-state index contributed by atoms with van der Waals surface area (Å²) in [5.74, 6) is 0.790. The highest BCUT2D eigenvalue weighted by molar-refractivity contribution is 7.00. The van der Waals surface area contributed by atoms with Crippen molar-refractivity contribution < 1.29 is 0 Å². The zero-order valence-corrected chi connectivity index (χ0v) is 10.5. The molecule has 1 aromatic carbocycles. The van der Waals surface area contributed by atoms with Crippen molar-refractivity contribution in [1.82, 2.24) is 8.75 Å². The van der Waals surface area contributed by atoms with E-state index in [9.17, 15) is 0 Å². The van der Waals surface area contributed by atoms with Crippen molar-refractivity contribution in [3.63, 3.8) is 0 Å². The molecule has 1 aliphatic rings. The van der Waals surface area contributed by atoms with Gasteiger partial charge in [0.15, 0.2) is 0 Å². The Morgan fingerprint density at radius 2 is 2.25 bits per heavy atom. The molecule has 84 valence electrons. The van der Waals surface area contributed by atoms with E-state index in [1.165, 1.54) is 24.6 Å². The topological polar surface area (TPSA) is 37.8 Å². The summed E-state index contributed by atoms with van der Waals surface area (Å²) in [5.41, 5.74) is 2.75. The molecule has 1 unspecified atom stereocenters. The van der Waals surface area contributed by atoms with Crippen molar-refractivity contribution in [2.24, 2.45) is 5.92 Å². The Labute approximate surface area is 103 Å². The Morgan fingerprint density at radius 1 is 1.44 bits per heavy atom. The number of fused-ring (bicyclic) bond motifs is 1. The van der Waals surface area contributed by atoms with Crippen molar-refractivity contribution in [2.45, 2.75) is 25.8 Å². The first-order valence-electron chi connectivity index (χ1n) is 5.43. The molecule has 0 aliphatic heterocycles. The molecule has 1 atom stereocenters. The summed E-state index contributed by atoms with van der Waals surface area (Å²) in [6, 6.07) is 4.26. The number of aromatic nitrogens is 2. The molecule has 0 saturated heterocycles. The lowest BCUT2D eigenvalue weighted by Crippen LogP contribution is -2.17. The summed E-state index contributed by atoms with van der Waals surface area (Å²) >= 11 is 7.43. The van der Waals surface area contributed by atoms with Gasteiger partial charge in [-0.2, -0.15) is 8.75 Å². The molecule has 2 aromatic rings. The second-order valence-electron chi connectivity index (χ2n) is 4.32. The van der Waals surface area contributed by atoms with Gasteiger partial charge in [0.05, 0.1) is 22.4 Å². The monoisotopic (exact) mass is 253 g/mol. The third-order valence-electron chi connectivity index (χ3n) is 3.08. The maximum atomic E-state index is 6.20. The van der Waals surface area contributed by atoms with Crippen molar-refractivity contribution in [1.29, 1.82) is 0 Å². The number of hydrogen-bond acceptors (Lipinski definition) is 4. The van der Waals surface area contributed by atoms with Crippen LogP contribution in [-0.4, -0.2) is 14.8 Å². The number of halogens is 1. The molecule has 3 rings (SSSR count). The highest BCUT2D eigenvalue weighted by atomic mass is 35.5. The van der Waals surface area contributed by atoms with Gasteiger partial charge >= 0.3 is 0 Å². The van der Waals surface area contributed by atoms with E-state index in [1.54, 1.807) is 0 Å². The van der Waals surface area contributed by atoms with E-state index in [0.717, 1.165) is 27.7 Å². The SMILES string of the molecule is CC(Nc1c(Cl)ccc2nsnc12)C1CC1. The third kappa shape index (κ3) is 1.76. The Morgan fingerprint density at radius 3 is 3.00 bits per heavy atom. The van der Waals surface area contributed by atoms with Crippen molar-refractivity contribution >= 4 is 40.0 Å². The van der Waals surface area contributed by atoms with Gasteiger partial charge in [0.2, 0.25) is 0 Å². The van der Waals surface area contributed by atoms with Crippen LogP contribution in [0.5, 0.6) is 0 Å². The first kappa shape index (κ1) is 10.3. The number of nitrogens with zero attached hydrogens (tertiary/aromatic N) is 2. The Balaban J connectivity index is 1.99. The molecular weight excluding hydrogens is 242 g/mol. The minimum absolute atomic E-state index is 0.463. The minimum Gasteiger partial charge on any atom is -0.379 e. The van der Waals surface area contributed by atoms with Crippen molar-refractivity contribution in [2.75, 3.05) is 5.32 Å². The predicted octanol–water partition coefficient (Wildman–Crippen LogP) is 3.56.